The molecule has 2 nitrogen and oxygen atoms in total. The first-order valence-corrected chi connectivity index (χ1v) is 6.75. The quantitative estimate of drug-likeness (QED) is 0.678. The molecule has 0 aromatic heterocycles. The summed E-state index contributed by atoms with van der Waals surface area (Å²) in [4.78, 5) is 0. The molecule has 1 aromatic rings. The van der Waals surface area contributed by atoms with Crippen molar-refractivity contribution in [1.29, 1.82) is 0 Å². The minimum absolute atomic E-state index is 0.159. The van der Waals surface area contributed by atoms with E-state index in [-0.39, 0.29) is 11.9 Å². The molecule has 1 unspecified atom stereocenters. The van der Waals surface area contributed by atoms with E-state index >= 15 is 0 Å². The summed E-state index contributed by atoms with van der Waals surface area (Å²) in [6.07, 6.45) is 4.38. The summed E-state index contributed by atoms with van der Waals surface area (Å²) >= 11 is 0. The van der Waals surface area contributed by atoms with Gasteiger partial charge < -0.3 is 10.1 Å². The molecular formula is C15H24FNO. The smallest absolute Gasteiger partial charge is 0.123 e. The number of halogens is 1. The lowest BCUT2D eigenvalue weighted by Gasteiger charge is -2.17. The first-order valence-electron chi connectivity index (χ1n) is 6.75. The van der Waals surface area contributed by atoms with Gasteiger partial charge in [0.1, 0.15) is 5.82 Å². The minimum Gasteiger partial charge on any atom is -0.385 e. The van der Waals surface area contributed by atoms with Gasteiger partial charge in [0.25, 0.3) is 0 Å². The van der Waals surface area contributed by atoms with Gasteiger partial charge in [0.15, 0.2) is 0 Å². The predicted octanol–water partition coefficient (Wildman–Crippen LogP) is 3.68. The SMILES string of the molecule is CCC(NCCCCCOC)c1cccc(F)c1. The van der Waals surface area contributed by atoms with Crippen LogP contribution in [0.1, 0.15) is 44.2 Å². The molecule has 0 radical (unpaired) electrons. The van der Waals surface area contributed by atoms with E-state index in [1.807, 2.05) is 6.07 Å². The maximum Gasteiger partial charge on any atom is 0.123 e. The zero-order valence-electron chi connectivity index (χ0n) is 11.4. The summed E-state index contributed by atoms with van der Waals surface area (Å²) in [6, 6.07) is 7.11. The Morgan fingerprint density at radius 2 is 2.11 bits per heavy atom. The van der Waals surface area contributed by atoms with Crippen LogP contribution in [0, 0.1) is 5.82 Å². The highest BCUT2D eigenvalue weighted by atomic mass is 19.1. The van der Waals surface area contributed by atoms with Gasteiger partial charge in [0.2, 0.25) is 0 Å². The van der Waals surface area contributed by atoms with E-state index < -0.39 is 0 Å². The van der Waals surface area contributed by atoms with Crippen molar-refractivity contribution in [3.05, 3.63) is 35.6 Å². The predicted molar refractivity (Wildman–Crippen MR) is 73.2 cm³/mol. The first-order chi connectivity index (χ1) is 8.77. The number of benzene rings is 1. The Hall–Kier alpha value is -0.930. The molecule has 0 fully saturated rings. The Kier molecular flexibility index (Phi) is 7.62. The lowest BCUT2D eigenvalue weighted by atomic mass is 10.0. The van der Waals surface area contributed by atoms with Crippen molar-refractivity contribution in [2.45, 2.75) is 38.6 Å². The van der Waals surface area contributed by atoms with Crippen molar-refractivity contribution in [2.75, 3.05) is 20.3 Å². The maximum absolute atomic E-state index is 13.1. The molecule has 0 aliphatic rings. The number of ether oxygens (including phenoxy) is 1. The number of hydrogen-bond donors (Lipinski definition) is 1. The minimum atomic E-state index is -0.159. The average molecular weight is 253 g/mol. The molecule has 1 rings (SSSR count). The number of rotatable bonds is 9. The van der Waals surface area contributed by atoms with Crippen molar-refractivity contribution < 1.29 is 9.13 Å². The van der Waals surface area contributed by atoms with Crippen LogP contribution in [0.15, 0.2) is 24.3 Å². The molecule has 0 amide bonds. The van der Waals surface area contributed by atoms with E-state index in [0.29, 0.717) is 0 Å². The molecule has 0 bridgehead atoms. The number of nitrogens with one attached hydrogen (secondary N) is 1. The Balaban J connectivity index is 2.29. The maximum atomic E-state index is 13.1. The second kappa shape index (κ2) is 9.06. The molecule has 1 N–H and O–H groups in total. The van der Waals surface area contributed by atoms with Gasteiger partial charge in [-0.1, -0.05) is 19.1 Å². The van der Waals surface area contributed by atoms with E-state index in [1.165, 1.54) is 12.5 Å². The topological polar surface area (TPSA) is 21.3 Å². The van der Waals surface area contributed by atoms with E-state index in [2.05, 4.69) is 12.2 Å². The fourth-order valence-corrected chi connectivity index (χ4v) is 2.05. The molecular weight excluding hydrogens is 229 g/mol. The highest BCUT2D eigenvalue weighted by molar-refractivity contribution is 5.19. The van der Waals surface area contributed by atoms with Gasteiger partial charge in [0.05, 0.1) is 0 Å². The van der Waals surface area contributed by atoms with Crippen molar-refractivity contribution in [3.63, 3.8) is 0 Å². The summed E-state index contributed by atoms with van der Waals surface area (Å²) < 4.78 is 18.2. The van der Waals surface area contributed by atoms with E-state index in [4.69, 9.17) is 4.74 Å². The summed E-state index contributed by atoms with van der Waals surface area (Å²) in [6.45, 7) is 3.92. The number of methoxy groups -OCH3 is 1. The molecule has 0 aliphatic heterocycles. The third-order valence-electron chi connectivity index (χ3n) is 3.08. The van der Waals surface area contributed by atoms with Gasteiger partial charge in [-0.2, -0.15) is 0 Å². The van der Waals surface area contributed by atoms with Gasteiger partial charge in [0, 0.05) is 19.8 Å². The molecule has 1 aromatic carbocycles. The molecule has 3 heteroatoms. The Labute approximate surface area is 110 Å². The second-order valence-corrected chi connectivity index (χ2v) is 4.52. The highest BCUT2D eigenvalue weighted by Gasteiger charge is 2.08. The fourth-order valence-electron chi connectivity index (χ4n) is 2.05. The van der Waals surface area contributed by atoms with Crippen molar-refractivity contribution in [2.24, 2.45) is 0 Å². The van der Waals surface area contributed by atoms with Crippen molar-refractivity contribution in [3.8, 4) is 0 Å². The Morgan fingerprint density at radius 1 is 1.28 bits per heavy atom. The van der Waals surface area contributed by atoms with E-state index in [0.717, 1.165) is 38.0 Å². The van der Waals surface area contributed by atoms with Crippen LogP contribution in [-0.2, 0) is 4.74 Å². The lowest BCUT2D eigenvalue weighted by molar-refractivity contribution is 0.192. The lowest BCUT2D eigenvalue weighted by Crippen LogP contribution is -2.22. The third-order valence-corrected chi connectivity index (χ3v) is 3.08. The summed E-state index contributed by atoms with van der Waals surface area (Å²) in [5, 5.41) is 3.48. The van der Waals surface area contributed by atoms with Gasteiger partial charge >= 0.3 is 0 Å². The van der Waals surface area contributed by atoms with Crippen LogP contribution in [-0.4, -0.2) is 20.3 Å². The third kappa shape index (κ3) is 5.61. The highest BCUT2D eigenvalue weighted by Crippen LogP contribution is 2.17. The monoisotopic (exact) mass is 253 g/mol. The van der Waals surface area contributed by atoms with Crippen LogP contribution < -0.4 is 5.32 Å². The van der Waals surface area contributed by atoms with Gasteiger partial charge in [-0.05, 0) is 49.9 Å². The van der Waals surface area contributed by atoms with Gasteiger partial charge in [-0.3, -0.25) is 0 Å². The summed E-state index contributed by atoms with van der Waals surface area (Å²) in [5.41, 5.74) is 1.04. The van der Waals surface area contributed by atoms with E-state index in [9.17, 15) is 4.39 Å². The number of unbranched alkanes of at least 4 members (excludes halogenated alkanes) is 2. The second-order valence-electron chi connectivity index (χ2n) is 4.52. The summed E-state index contributed by atoms with van der Waals surface area (Å²) in [7, 11) is 1.73. The number of hydrogen-bond acceptors (Lipinski definition) is 2. The molecule has 0 saturated heterocycles. The molecule has 0 saturated carbocycles. The Bertz CT molecular complexity index is 330. The molecule has 1 atom stereocenters. The average Bonchev–Trinajstić information content (AvgIpc) is 2.38. The van der Waals surface area contributed by atoms with Gasteiger partial charge in [-0.25, -0.2) is 4.39 Å². The molecule has 0 spiro atoms. The normalized spacial score (nSPS) is 12.6. The molecule has 0 heterocycles. The summed E-state index contributed by atoms with van der Waals surface area (Å²) in [5.74, 6) is -0.159. The first kappa shape index (κ1) is 15.1. The zero-order chi connectivity index (χ0) is 13.2. The van der Waals surface area contributed by atoms with Crippen LogP contribution in [0.2, 0.25) is 0 Å². The molecule has 18 heavy (non-hydrogen) atoms. The van der Waals surface area contributed by atoms with Crippen LogP contribution >= 0.6 is 0 Å². The van der Waals surface area contributed by atoms with Crippen molar-refractivity contribution >= 4 is 0 Å². The largest absolute Gasteiger partial charge is 0.385 e. The van der Waals surface area contributed by atoms with E-state index in [1.54, 1.807) is 19.2 Å². The standard InChI is InChI=1S/C15H24FNO/c1-3-15(13-8-7-9-14(16)12-13)17-10-5-4-6-11-18-2/h7-9,12,15,17H,3-6,10-11H2,1-2H3. The van der Waals surface area contributed by atoms with Crippen molar-refractivity contribution in [1.82, 2.24) is 5.32 Å². The molecule has 102 valence electrons. The van der Waals surface area contributed by atoms with Crippen LogP contribution in [0.5, 0.6) is 0 Å². The van der Waals surface area contributed by atoms with Crippen LogP contribution in [0.3, 0.4) is 0 Å². The Morgan fingerprint density at radius 3 is 2.78 bits per heavy atom. The van der Waals surface area contributed by atoms with Gasteiger partial charge in [-0.15, -0.1) is 0 Å². The molecule has 0 aliphatic carbocycles. The van der Waals surface area contributed by atoms with Crippen LogP contribution in [0.4, 0.5) is 4.39 Å². The fraction of sp³-hybridized carbons (Fsp3) is 0.600. The zero-order valence-corrected chi connectivity index (χ0v) is 11.4. The van der Waals surface area contributed by atoms with Crippen LogP contribution in [0.25, 0.3) is 0 Å².